The second kappa shape index (κ2) is 6.53. The van der Waals surface area contributed by atoms with E-state index >= 15 is 0 Å². The van der Waals surface area contributed by atoms with Crippen LogP contribution in [0.25, 0.3) is 0 Å². The Morgan fingerprint density at radius 2 is 2.20 bits per heavy atom. The van der Waals surface area contributed by atoms with Gasteiger partial charge in [0.15, 0.2) is 0 Å². The average molecular weight is 268 g/mol. The van der Waals surface area contributed by atoms with E-state index in [9.17, 15) is 0 Å². The molecule has 0 aliphatic carbocycles. The molecule has 0 bridgehead atoms. The maximum atomic E-state index is 9.03. The van der Waals surface area contributed by atoms with Crippen LogP contribution < -0.4 is 10.1 Å². The van der Waals surface area contributed by atoms with Crippen molar-refractivity contribution in [3.05, 3.63) is 47.9 Å². The Morgan fingerprint density at radius 3 is 2.95 bits per heavy atom. The van der Waals surface area contributed by atoms with Crippen LogP contribution in [0.4, 0.5) is 5.69 Å². The van der Waals surface area contributed by atoms with E-state index in [0.717, 1.165) is 5.56 Å². The Balaban J connectivity index is 2.13. The number of nitrogens with zero attached hydrogens (tertiary/aromatic N) is 3. The van der Waals surface area contributed by atoms with Crippen LogP contribution in [-0.2, 0) is 6.54 Å². The van der Waals surface area contributed by atoms with Gasteiger partial charge in [0.25, 0.3) is 0 Å². The van der Waals surface area contributed by atoms with E-state index < -0.39 is 0 Å². The predicted octanol–water partition coefficient (Wildman–Crippen LogP) is 2.75. The Bertz CT molecular complexity index is 619. The smallest absolute Gasteiger partial charge is 0.218 e. The third kappa shape index (κ3) is 3.45. The third-order valence-electron chi connectivity index (χ3n) is 2.61. The van der Waals surface area contributed by atoms with Crippen molar-refractivity contribution in [1.82, 2.24) is 9.97 Å². The first-order chi connectivity index (χ1) is 9.70. The summed E-state index contributed by atoms with van der Waals surface area (Å²) >= 11 is 0. The van der Waals surface area contributed by atoms with E-state index in [-0.39, 0.29) is 6.10 Å². The van der Waals surface area contributed by atoms with Crippen LogP contribution in [-0.4, -0.2) is 16.1 Å². The van der Waals surface area contributed by atoms with Gasteiger partial charge in [-0.3, -0.25) is 4.98 Å². The molecule has 20 heavy (non-hydrogen) atoms. The molecule has 2 heterocycles. The molecule has 0 saturated heterocycles. The number of aromatic nitrogens is 2. The van der Waals surface area contributed by atoms with Crippen molar-refractivity contribution >= 4 is 5.69 Å². The number of anilines is 1. The van der Waals surface area contributed by atoms with Gasteiger partial charge in [-0.05, 0) is 26.0 Å². The van der Waals surface area contributed by atoms with E-state index in [1.54, 1.807) is 24.7 Å². The SMILES string of the molecule is CC(C)Oc1ncccc1CNc1cnccc1C#N. The Labute approximate surface area is 118 Å². The van der Waals surface area contributed by atoms with E-state index in [1.165, 1.54) is 0 Å². The summed E-state index contributed by atoms with van der Waals surface area (Å²) in [4.78, 5) is 8.25. The Morgan fingerprint density at radius 1 is 1.35 bits per heavy atom. The number of rotatable bonds is 5. The van der Waals surface area contributed by atoms with Crippen LogP contribution >= 0.6 is 0 Å². The van der Waals surface area contributed by atoms with Gasteiger partial charge in [0.05, 0.1) is 23.6 Å². The molecule has 0 saturated carbocycles. The highest BCUT2D eigenvalue weighted by atomic mass is 16.5. The lowest BCUT2D eigenvalue weighted by molar-refractivity contribution is 0.230. The minimum absolute atomic E-state index is 0.0664. The van der Waals surface area contributed by atoms with Gasteiger partial charge in [-0.1, -0.05) is 6.07 Å². The molecular formula is C15H16N4O. The lowest BCUT2D eigenvalue weighted by Gasteiger charge is -2.14. The zero-order valence-electron chi connectivity index (χ0n) is 11.5. The zero-order chi connectivity index (χ0) is 14.4. The molecule has 0 aromatic carbocycles. The molecule has 2 aromatic heterocycles. The molecule has 1 N–H and O–H groups in total. The molecule has 0 spiro atoms. The molecule has 102 valence electrons. The van der Waals surface area contributed by atoms with Crippen LogP contribution in [0.1, 0.15) is 25.0 Å². The van der Waals surface area contributed by atoms with Crippen molar-refractivity contribution in [2.75, 3.05) is 5.32 Å². The summed E-state index contributed by atoms with van der Waals surface area (Å²) in [6.45, 7) is 4.44. The van der Waals surface area contributed by atoms with Crippen molar-refractivity contribution < 1.29 is 4.74 Å². The summed E-state index contributed by atoms with van der Waals surface area (Å²) in [6, 6.07) is 7.61. The van der Waals surface area contributed by atoms with Crippen LogP contribution in [0.5, 0.6) is 5.88 Å². The monoisotopic (exact) mass is 268 g/mol. The second-order valence-electron chi connectivity index (χ2n) is 4.52. The van der Waals surface area contributed by atoms with Gasteiger partial charge in [0, 0.05) is 24.5 Å². The molecule has 0 aliphatic heterocycles. The largest absolute Gasteiger partial charge is 0.475 e. The van der Waals surface area contributed by atoms with Crippen LogP contribution in [0.3, 0.4) is 0 Å². The quantitative estimate of drug-likeness (QED) is 0.902. The van der Waals surface area contributed by atoms with Crippen molar-refractivity contribution in [1.29, 1.82) is 5.26 Å². The van der Waals surface area contributed by atoms with E-state index in [2.05, 4.69) is 21.4 Å². The van der Waals surface area contributed by atoms with E-state index in [4.69, 9.17) is 10.00 Å². The normalized spacial score (nSPS) is 10.1. The highest BCUT2D eigenvalue weighted by Crippen LogP contribution is 2.19. The average Bonchev–Trinajstić information content (AvgIpc) is 2.46. The van der Waals surface area contributed by atoms with E-state index in [1.807, 2.05) is 26.0 Å². The number of hydrogen-bond donors (Lipinski definition) is 1. The van der Waals surface area contributed by atoms with Crippen LogP contribution in [0.15, 0.2) is 36.8 Å². The van der Waals surface area contributed by atoms with Gasteiger partial charge in [0.1, 0.15) is 6.07 Å². The molecule has 5 heteroatoms. The lowest BCUT2D eigenvalue weighted by atomic mass is 10.2. The minimum atomic E-state index is 0.0664. The standard InChI is InChI=1S/C15H16N4O/c1-11(2)20-15-13(4-3-6-18-15)9-19-14-10-17-7-5-12(14)8-16/h3-7,10-11,19H,9H2,1-2H3. The molecule has 0 aliphatic rings. The first-order valence-corrected chi connectivity index (χ1v) is 6.39. The lowest BCUT2D eigenvalue weighted by Crippen LogP contribution is -2.11. The second-order valence-corrected chi connectivity index (χ2v) is 4.52. The van der Waals surface area contributed by atoms with Gasteiger partial charge in [0.2, 0.25) is 5.88 Å². The summed E-state index contributed by atoms with van der Waals surface area (Å²) in [5, 5.41) is 12.2. The maximum absolute atomic E-state index is 9.03. The predicted molar refractivity (Wildman–Crippen MR) is 76.3 cm³/mol. The van der Waals surface area contributed by atoms with Gasteiger partial charge in [-0.15, -0.1) is 0 Å². The third-order valence-corrected chi connectivity index (χ3v) is 2.61. The molecule has 5 nitrogen and oxygen atoms in total. The topological polar surface area (TPSA) is 70.8 Å². The first kappa shape index (κ1) is 13.8. The van der Waals surface area contributed by atoms with Gasteiger partial charge in [-0.25, -0.2) is 4.98 Å². The van der Waals surface area contributed by atoms with Crippen LogP contribution in [0, 0.1) is 11.3 Å². The highest BCUT2D eigenvalue weighted by molar-refractivity contribution is 5.55. The number of nitrogens with one attached hydrogen (secondary N) is 1. The number of pyridine rings is 2. The summed E-state index contributed by atoms with van der Waals surface area (Å²) in [6.07, 6.45) is 5.00. The Kier molecular flexibility index (Phi) is 4.51. The van der Waals surface area contributed by atoms with Crippen molar-refractivity contribution in [2.24, 2.45) is 0 Å². The van der Waals surface area contributed by atoms with Gasteiger partial charge < -0.3 is 10.1 Å². The van der Waals surface area contributed by atoms with Crippen LogP contribution in [0.2, 0.25) is 0 Å². The molecule has 0 unspecified atom stereocenters. The number of ether oxygens (including phenoxy) is 1. The zero-order valence-corrected chi connectivity index (χ0v) is 11.5. The fourth-order valence-corrected chi connectivity index (χ4v) is 1.71. The highest BCUT2D eigenvalue weighted by Gasteiger charge is 2.07. The van der Waals surface area contributed by atoms with Crippen molar-refractivity contribution in [3.8, 4) is 11.9 Å². The van der Waals surface area contributed by atoms with Gasteiger partial charge >= 0.3 is 0 Å². The Hall–Kier alpha value is -2.61. The molecule has 2 rings (SSSR count). The van der Waals surface area contributed by atoms with E-state index in [0.29, 0.717) is 23.7 Å². The molecule has 0 amide bonds. The molecular weight excluding hydrogens is 252 g/mol. The molecule has 0 fully saturated rings. The minimum Gasteiger partial charge on any atom is -0.475 e. The van der Waals surface area contributed by atoms with Crippen molar-refractivity contribution in [3.63, 3.8) is 0 Å². The summed E-state index contributed by atoms with van der Waals surface area (Å²) in [5.74, 6) is 0.609. The number of nitriles is 1. The summed E-state index contributed by atoms with van der Waals surface area (Å²) < 4.78 is 5.66. The number of hydrogen-bond acceptors (Lipinski definition) is 5. The molecule has 2 aromatic rings. The summed E-state index contributed by atoms with van der Waals surface area (Å²) in [7, 11) is 0. The van der Waals surface area contributed by atoms with Gasteiger partial charge in [-0.2, -0.15) is 5.26 Å². The maximum Gasteiger partial charge on any atom is 0.218 e. The summed E-state index contributed by atoms with van der Waals surface area (Å²) in [5.41, 5.74) is 2.21. The fourth-order valence-electron chi connectivity index (χ4n) is 1.71. The fraction of sp³-hybridized carbons (Fsp3) is 0.267. The first-order valence-electron chi connectivity index (χ1n) is 6.39. The molecule has 0 atom stereocenters. The van der Waals surface area contributed by atoms with Crippen molar-refractivity contribution in [2.45, 2.75) is 26.5 Å². The molecule has 0 radical (unpaired) electrons.